The van der Waals surface area contributed by atoms with Gasteiger partial charge in [0.2, 0.25) is 5.75 Å². The number of ketones is 1. The molecule has 0 radical (unpaired) electrons. The molecule has 7 rings (SSSR count). The fourth-order valence-electron chi connectivity index (χ4n) is 7.32. The first-order valence-corrected chi connectivity index (χ1v) is 18.4. The van der Waals surface area contributed by atoms with Crippen molar-refractivity contribution in [3.63, 3.8) is 0 Å². The third-order valence-electron chi connectivity index (χ3n) is 9.95. The van der Waals surface area contributed by atoms with Gasteiger partial charge in [0, 0.05) is 26.1 Å². The molecule has 0 aliphatic carbocycles. The summed E-state index contributed by atoms with van der Waals surface area (Å²) in [6, 6.07) is 17.3. The minimum Gasteiger partial charge on any atom is -0.508 e. The second-order valence-electron chi connectivity index (χ2n) is 13.5. The molecular formula is C42H47N3O8. The second-order valence-corrected chi connectivity index (χ2v) is 13.5. The number of nitrogens with zero attached hydrogens (tertiary/aromatic N) is 2. The molecule has 3 atom stereocenters. The number of piperazine rings is 1. The van der Waals surface area contributed by atoms with Crippen molar-refractivity contribution in [2.24, 2.45) is 0 Å². The Morgan fingerprint density at radius 1 is 0.981 bits per heavy atom. The molecule has 3 aromatic carbocycles. The Kier molecular flexibility index (Phi) is 11.1. The van der Waals surface area contributed by atoms with Gasteiger partial charge in [-0.1, -0.05) is 72.7 Å². The van der Waals surface area contributed by atoms with Crippen molar-refractivity contribution in [3.8, 4) is 51.7 Å². The predicted octanol–water partition coefficient (Wildman–Crippen LogP) is 4.65. The van der Waals surface area contributed by atoms with E-state index in [1.807, 2.05) is 0 Å². The topological polar surface area (TPSA) is 148 Å². The Hall–Kier alpha value is -5.15. The van der Waals surface area contributed by atoms with Crippen LogP contribution in [0.25, 0.3) is 11.1 Å². The molecule has 0 spiro atoms. The van der Waals surface area contributed by atoms with Crippen molar-refractivity contribution in [3.05, 3.63) is 82.5 Å². The summed E-state index contributed by atoms with van der Waals surface area (Å²) in [7, 11) is 1.52. The maximum absolute atomic E-state index is 11.9. The fourth-order valence-corrected chi connectivity index (χ4v) is 7.32. The van der Waals surface area contributed by atoms with Crippen LogP contribution in [0.4, 0.5) is 5.82 Å². The molecule has 11 heteroatoms. The van der Waals surface area contributed by atoms with Crippen LogP contribution >= 0.6 is 0 Å². The number of anilines is 1. The molecule has 53 heavy (non-hydrogen) atoms. The molecule has 3 aliphatic heterocycles. The van der Waals surface area contributed by atoms with Gasteiger partial charge in [-0.15, -0.1) is 0 Å². The number of phenols is 1. The van der Waals surface area contributed by atoms with E-state index in [1.165, 1.54) is 7.11 Å². The van der Waals surface area contributed by atoms with Crippen LogP contribution in [0, 0.1) is 11.8 Å². The summed E-state index contributed by atoms with van der Waals surface area (Å²) in [4.78, 5) is 19.3. The minimum atomic E-state index is -0.599. The fraction of sp³-hybridized carbons (Fsp3) is 0.405. The van der Waals surface area contributed by atoms with Gasteiger partial charge in [0.05, 0.1) is 37.8 Å². The molecule has 4 heterocycles. The number of ether oxygens (including phenoxy) is 4. The zero-order valence-corrected chi connectivity index (χ0v) is 30.2. The number of nitrogens with one attached hydrogen (secondary N) is 1. The molecule has 3 aliphatic rings. The number of fused-ring (bicyclic) bond motifs is 8. The van der Waals surface area contributed by atoms with Gasteiger partial charge >= 0.3 is 5.78 Å². The van der Waals surface area contributed by atoms with Gasteiger partial charge in [-0.05, 0) is 66.9 Å². The van der Waals surface area contributed by atoms with Crippen LogP contribution < -0.4 is 34.1 Å². The number of aryl methyl sites for hydroxylation is 1. The Balaban J connectivity index is 1.45. The van der Waals surface area contributed by atoms with E-state index >= 15 is 0 Å². The molecule has 278 valence electrons. The number of aliphatic hydroxyl groups excluding tert-OH is 2. The third-order valence-corrected chi connectivity index (χ3v) is 9.95. The summed E-state index contributed by atoms with van der Waals surface area (Å²) in [6.07, 6.45) is 1.57. The molecule has 4 aromatic rings. The van der Waals surface area contributed by atoms with Crippen LogP contribution in [-0.4, -0.2) is 85.1 Å². The number of hydrogen-bond acceptors (Lipinski definition) is 9. The predicted molar refractivity (Wildman–Crippen MR) is 202 cm³/mol. The summed E-state index contributed by atoms with van der Waals surface area (Å²) in [5, 5.41) is 32.9. The van der Waals surface area contributed by atoms with E-state index in [0.29, 0.717) is 48.4 Å². The number of hydrogen-bond donors (Lipinski definition) is 4. The molecule has 1 aromatic heterocycles. The Morgan fingerprint density at radius 3 is 2.49 bits per heavy atom. The van der Waals surface area contributed by atoms with Gasteiger partial charge in [0.15, 0.2) is 17.1 Å². The first-order valence-electron chi connectivity index (χ1n) is 18.4. The summed E-state index contributed by atoms with van der Waals surface area (Å²) in [5.74, 6) is 9.06. The lowest BCUT2D eigenvalue weighted by molar-refractivity contribution is 0.187. The van der Waals surface area contributed by atoms with E-state index in [4.69, 9.17) is 23.9 Å². The van der Waals surface area contributed by atoms with Crippen molar-refractivity contribution >= 4 is 11.6 Å². The van der Waals surface area contributed by atoms with Crippen LogP contribution in [0.1, 0.15) is 66.2 Å². The van der Waals surface area contributed by atoms with Crippen LogP contribution in [0.5, 0.6) is 28.7 Å². The van der Waals surface area contributed by atoms with Crippen LogP contribution in [-0.2, 0) is 12.8 Å². The van der Waals surface area contributed by atoms with E-state index < -0.39 is 12.0 Å². The maximum Gasteiger partial charge on any atom is 0.335 e. The van der Waals surface area contributed by atoms with Crippen molar-refractivity contribution in [2.45, 2.75) is 57.1 Å². The highest BCUT2D eigenvalue weighted by Gasteiger charge is 2.43. The molecule has 3 unspecified atom stereocenters. The van der Waals surface area contributed by atoms with Gasteiger partial charge in [0.25, 0.3) is 0 Å². The van der Waals surface area contributed by atoms with Crippen molar-refractivity contribution in [1.82, 2.24) is 10.3 Å². The number of benzene rings is 3. The Bertz CT molecular complexity index is 2000. The maximum atomic E-state index is 11.9. The molecule has 1 saturated heterocycles. The highest BCUT2D eigenvalue weighted by molar-refractivity contribution is 6.05. The number of aromatic nitrogens is 1. The van der Waals surface area contributed by atoms with Crippen LogP contribution in [0.2, 0.25) is 0 Å². The average molecular weight is 722 g/mol. The molecule has 0 saturated carbocycles. The third kappa shape index (κ3) is 7.53. The van der Waals surface area contributed by atoms with Crippen molar-refractivity contribution in [1.29, 1.82) is 0 Å². The first kappa shape index (κ1) is 36.2. The van der Waals surface area contributed by atoms with E-state index in [1.54, 1.807) is 24.3 Å². The number of rotatable bonds is 12. The Morgan fingerprint density at radius 2 is 1.75 bits per heavy atom. The highest BCUT2D eigenvalue weighted by atomic mass is 16.5. The van der Waals surface area contributed by atoms with Gasteiger partial charge in [-0.25, -0.2) is 0 Å². The summed E-state index contributed by atoms with van der Waals surface area (Å²) < 4.78 is 25.7. The normalized spacial score (nSPS) is 19.1. The Labute approximate surface area is 309 Å². The minimum absolute atomic E-state index is 0.0421. The van der Waals surface area contributed by atoms with Gasteiger partial charge < -0.3 is 49.5 Å². The SMILES string of the molecule is CCc1cc2c([n-]1)N1CCNC(C#CC(c3c(OCCCO)c(OC)c(OCCCO)c4c3OC(c3ccc(O)cc3)CC4=[OH+])Cc3cccc-2c3)C1. The van der Waals surface area contributed by atoms with Gasteiger partial charge in [0.1, 0.15) is 24.0 Å². The van der Waals surface area contributed by atoms with E-state index in [0.717, 1.165) is 53.3 Å². The standard InChI is InChI=1S/C42H46N3O8/c1-3-30-23-33-28-8-4-7-26(21-28)22-29(9-12-31-25-45(16-15-43-31)42(33)44-30)36-38-37(34(49)24-35(53-38)27-10-13-32(48)14-11-27)40(52-20-6-18-47)41(50-2)39(36)51-19-5-17-46/h4,7-8,10-11,13-14,21,23,29,31,35,43,46-48H,3,5-6,15-20,22,24-25H2,1-2H3/q-1/p+1. The number of aliphatic hydroxyl groups is 2. The molecule has 5 N–H and O–H groups in total. The number of aromatic hydroxyl groups is 1. The number of methoxy groups -OCH3 is 1. The van der Waals surface area contributed by atoms with Crippen molar-refractivity contribution in [2.75, 3.05) is 58.1 Å². The molecule has 11 nitrogen and oxygen atoms in total. The lowest BCUT2D eigenvalue weighted by atomic mass is 9.85. The van der Waals surface area contributed by atoms with E-state index in [9.17, 15) is 20.1 Å². The van der Waals surface area contributed by atoms with Crippen molar-refractivity contribution < 1.29 is 39.1 Å². The molecule has 4 bridgehead atoms. The monoisotopic (exact) mass is 721 g/mol. The molecule has 0 amide bonds. The molecule has 1 fully saturated rings. The summed E-state index contributed by atoms with van der Waals surface area (Å²) in [5.41, 5.74) is 5.99. The second kappa shape index (κ2) is 16.3. The number of phenolic OH excluding ortho intramolecular Hbond substituents is 1. The quantitative estimate of drug-likeness (QED) is 0.0926. The largest absolute Gasteiger partial charge is 0.508 e. The summed E-state index contributed by atoms with van der Waals surface area (Å²) in [6.45, 7) is 4.50. The highest BCUT2D eigenvalue weighted by Crippen LogP contribution is 2.55. The molecular weight excluding hydrogens is 674 g/mol. The van der Waals surface area contributed by atoms with E-state index in [-0.39, 0.29) is 61.9 Å². The number of carbonyl (C=O) groups excluding carboxylic acids is 1. The van der Waals surface area contributed by atoms with E-state index in [2.05, 4.69) is 59.3 Å². The van der Waals surface area contributed by atoms with Crippen LogP contribution in [0.15, 0.2) is 54.6 Å². The zero-order valence-electron chi connectivity index (χ0n) is 30.2. The van der Waals surface area contributed by atoms with Crippen LogP contribution in [0.3, 0.4) is 0 Å². The average Bonchev–Trinajstić information content (AvgIpc) is 3.62. The van der Waals surface area contributed by atoms with Gasteiger partial charge in [-0.2, -0.15) is 0 Å². The summed E-state index contributed by atoms with van der Waals surface area (Å²) >= 11 is 0. The van der Waals surface area contributed by atoms with Gasteiger partial charge in [-0.3, -0.25) is 4.79 Å². The lowest BCUT2D eigenvalue weighted by Crippen LogP contribution is -2.50. The smallest absolute Gasteiger partial charge is 0.335 e. The first-order chi connectivity index (χ1) is 25.9. The zero-order chi connectivity index (χ0) is 36.9. The lowest BCUT2D eigenvalue weighted by Gasteiger charge is -2.40.